The lowest BCUT2D eigenvalue weighted by Crippen LogP contribution is -2.49. The van der Waals surface area contributed by atoms with Crippen LogP contribution in [0.5, 0.6) is 5.75 Å². The summed E-state index contributed by atoms with van der Waals surface area (Å²) >= 11 is 1.95. The van der Waals surface area contributed by atoms with Crippen LogP contribution in [-0.2, 0) is 16.0 Å². The number of anilines is 1. The summed E-state index contributed by atoms with van der Waals surface area (Å²) in [5.74, 6) is -1.38. The molecule has 1 aliphatic heterocycles. The first-order valence-electron chi connectivity index (χ1n) is 10.8. The number of nitriles is 1. The van der Waals surface area contributed by atoms with Crippen LogP contribution in [0.4, 0.5) is 14.9 Å². The van der Waals surface area contributed by atoms with E-state index < -0.39 is 35.7 Å². The molecule has 8 nitrogen and oxygen atoms in total. The first-order valence-corrected chi connectivity index (χ1v) is 11.9. The molecule has 182 valence electrons. The van der Waals surface area contributed by atoms with E-state index >= 15 is 0 Å². The molecule has 1 saturated heterocycles. The number of methoxy groups -OCH3 is 1. The maximum absolute atomic E-state index is 14.4. The van der Waals surface area contributed by atoms with Gasteiger partial charge in [-0.25, -0.2) is 14.1 Å². The highest BCUT2D eigenvalue weighted by Gasteiger charge is 2.45. The third-order valence-corrected chi connectivity index (χ3v) is 6.41. The average molecular weight is 598 g/mol. The average Bonchev–Trinajstić information content (AvgIpc) is 3.18. The molecule has 1 aliphatic rings. The normalized spacial score (nSPS) is 15.7. The van der Waals surface area contributed by atoms with Gasteiger partial charge in [-0.3, -0.25) is 9.59 Å². The Morgan fingerprint density at radius 1 is 1.17 bits per heavy atom. The van der Waals surface area contributed by atoms with Crippen LogP contribution < -0.4 is 15.4 Å². The zero-order valence-electron chi connectivity index (χ0n) is 19.0. The third kappa shape index (κ3) is 5.31. The van der Waals surface area contributed by atoms with Gasteiger partial charge in [0.15, 0.2) is 0 Å². The summed E-state index contributed by atoms with van der Waals surface area (Å²) in [6.45, 7) is 0. The number of nitrogens with one attached hydrogen (secondary N) is 2. The van der Waals surface area contributed by atoms with Gasteiger partial charge in [-0.15, -0.1) is 0 Å². The Morgan fingerprint density at radius 3 is 2.47 bits per heavy atom. The number of nitrogens with zero attached hydrogens (tertiary/aromatic N) is 2. The molecule has 0 radical (unpaired) electrons. The topological polar surface area (TPSA) is 112 Å². The standard InChI is InChI=1S/C26H20FIN4O4/c1-36-19-9-6-17(7-10-19)23-25(34)32(26(35)31-23)22(12-15-2-4-16(14-29)5-3-15)24(33)30-21-11-8-18(28)13-20(21)27/h2-11,13,22-23H,12H2,1H3,(H,30,33)(H,31,35)/t22?,23-/m1/s1. The summed E-state index contributed by atoms with van der Waals surface area (Å²) < 4.78 is 20.2. The second-order valence-electron chi connectivity index (χ2n) is 8.01. The fourth-order valence-corrected chi connectivity index (χ4v) is 4.31. The summed E-state index contributed by atoms with van der Waals surface area (Å²) in [6.07, 6.45) is -0.0297. The molecule has 1 fully saturated rings. The van der Waals surface area contributed by atoms with Gasteiger partial charge < -0.3 is 15.4 Å². The Bertz CT molecular complexity index is 1360. The van der Waals surface area contributed by atoms with E-state index in [2.05, 4.69) is 10.6 Å². The van der Waals surface area contributed by atoms with Crippen molar-refractivity contribution < 1.29 is 23.5 Å². The van der Waals surface area contributed by atoms with Crippen molar-refractivity contribution in [1.29, 1.82) is 5.26 Å². The number of carbonyl (C=O) groups is 3. The van der Waals surface area contributed by atoms with Crippen molar-refractivity contribution in [3.05, 3.63) is 92.8 Å². The van der Waals surface area contributed by atoms with E-state index in [0.717, 1.165) is 4.90 Å². The number of halogens is 2. The first kappa shape index (κ1) is 25.1. The number of benzene rings is 3. The molecule has 0 bridgehead atoms. The maximum Gasteiger partial charge on any atom is 0.325 e. The molecule has 2 N–H and O–H groups in total. The van der Waals surface area contributed by atoms with E-state index in [1.807, 2.05) is 28.7 Å². The Labute approximate surface area is 220 Å². The lowest BCUT2D eigenvalue weighted by molar-refractivity contribution is -0.134. The van der Waals surface area contributed by atoms with Crippen LogP contribution in [-0.4, -0.2) is 35.9 Å². The molecule has 4 amide bonds. The number of rotatable bonds is 7. The van der Waals surface area contributed by atoms with Gasteiger partial charge in [0.25, 0.3) is 5.91 Å². The van der Waals surface area contributed by atoms with E-state index in [-0.39, 0.29) is 12.1 Å². The molecule has 0 aromatic heterocycles. The Morgan fingerprint density at radius 2 is 1.86 bits per heavy atom. The van der Waals surface area contributed by atoms with Crippen LogP contribution in [0.1, 0.15) is 22.7 Å². The number of amides is 4. The van der Waals surface area contributed by atoms with Crippen molar-refractivity contribution in [2.45, 2.75) is 18.5 Å². The van der Waals surface area contributed by atoms with E-state index in [1.54, 1.807) is 54.6 Å². The van der Waals surface area contributed by atoms with Gasteiger partial charge in [0, 0.05) is 9.99 Å². The van der Waals surface area contributed by atoms with Gasteiger partial charge in [0.1, 0.15) is 23.7 Å². The largest absolute Gasteiger partial charge is 0.497 e. The Hall–Kier alpha value is -3.98. The van der Waals surface area contributed by atoms with E-state index in [1.165, 1.54) is 19.2 Å². The SMILES string of the molecule is COc1ccc([C@H]2NC(=O)N(C(Cc3ccc(C#N)cc3)C(=O)Nc3ccc(I)cc3F)C2=O)cc1. The van der Waals surface area contributed by atoms with Gasteiger partial charge in [-0.05, 0) is 76.2 Å². The number of hydrogen-bond donors (Lipinski definition) is 2. The molecule has 2 atom stereocenters. The monoisotopic (exact) mass is 598 g/mol. The molecule has 0 saturated carbocycles. The number of imide groups is 1. The summed E-state index contributed by atoms with van der Waals surface area (Å²) in [7, 11) is 1.52. The zero-order chi connectivity index (χ0) is 25.8. The second-order valence-corrected chi connectivity index (χ2v) is 9.25. The van der Waals surface area contributed by atoms with E-state index in [0.29, 0.717) is 26.0 Å². The fourth-order valence-electron chi connectivity index (χ4n) is 3.86. The minimum absolute atomic E-state index is 0.0297. The lowest BCUT2D eigenvalue weighted by Gasteiger charge is -2.25. The van der Waals surface area contributed by atoms with Crippen molar-refractivity contribution in [3.8, 4) is 11.8 Å². The predicted octanol–water partition coefficient (Wildman–Crippen LogP) is 4.15. The van der Waals surface area contributed by atoms with Gasteiger partial charge in [0.2, 0.25) is 5.91 Å². The van der Waals surface area contributed by atoms with Crippen molar-refractivity contribution >= 4 is 46.1 Å². The summed E-state index contributed by atoms with van der Waals surface area (Å²) in [5, 5.41) is 14.2. The third-order valence-electron chi connectivity index (χ3n) is 5.74. The van der Waals surface area contributed by atoms with Crippen molar-refractivity contribution in [1.82, 2.24) is 10.2 Å². The number of urea groups is 1. The van der Waals surface area contributed by atoms with Crippen molar-refractivity contribution in [3.63, 3.8) is 0 Å². The molecular formula is C26H20FIN4O4. The Kier molecular flexibility index (Phi) is 7.49. The van der Waals surface area contributed by atoms with Crippen LogP contribution in [0.3, 0.4) is 0 Å². The van der Waals surface area contributed by atoms with E-state index in [9.17, 15) is 18.8 Å². The van der Waals surface area contributed by atoms with Gasteiger partial charge in [0.05, 0.1) is 24.4 Å². The van der Waals surface area contributed by atoms with Crippen LogP contribution in [0.2, 0.25) is 0 Å². The lowest BCUT2D eigenvalue weighted by atomic mass is 10.0. The van der Waals surface area contributed by atoms with Gasteiger partial charge >= 0.3 is 6.03 Å². The maximum atomic E-state index is 14.4. The minimum Gasteiger partial charge on any atom is -0.497 e. The Balaban J connectivity index is 1.65. The summed E-state index contributed by atoms with van der Waals surface area (Å²) in [5.41, 5.74) is 1.50. The number of hydrogen-bond acceptors (Lipinski definition) is 5. The zero-order valence-corrected chi connectivity index (χ0v) is 21.2. The molecule has 10 heteroatoms. The summed E-state index contributed by atoms with van der Waals surface area (Å²) in [4.78, 5) is 40.6. The molecule has 1 unspecified atom stereocenters. The molecule has 1 heterocycles. The highest BCUT2D eigenvalue weighted by Crippen LogP contribution is 2.27. The van der Waals surface area contributed by atoms with Crippen molar-refractivity contribution in [2.75, 3.05) is 12.4 Å². The van der Waals surface area contributed by atoms with Crippen LogP contribution in [0.15, 0.2) is 66.7 Å². The smallest absolute Gasteiger partial charge is 0.325 e. The molecule has 0 aliphatic carbocycles. The highest BCUT2D eigenvalue weighted by molar-refractivity contribution is 14.1. The molecular weight excluding hydrogens is 578 g/mol. The molecule has 3 aromatic rings. The predicted molar refractivity (Wildman–Crippen MR) is 138 cm³/mol. The van der Waals surface area contributed by atoms with Gasteiger partial charge in [-0.2, -0.15) is 5.26 Å². The highest BCUT2D eigenvalue weighted by atomic mass is 127. The molecule has 3 aromatic carbocycles. The minimum atomic E-state index is -1.27. The van der Waals surface area contributed by atoms with Crippen LogP contribution >= 0.6 is 22.6 Å². The number of carbonyl (C=O) groups excluding carboxylic acids is 3. The van der Waals surface area contributed by atoms with Gasteiger partial charge in [-0.1, -0.05) is 24.3 Å². The summed E-state index contributed by atoms with van der Waals surface area (Å²) in [6, 6.07) is 16.4. The van der Waals surface area contributed by atoms with Crippen LogP contribution in [0, 0.1) is 20.7 Å². The van der Waals surface area contributed by atoms with Crippen molar-refractivity contribution in [2.24, 2.45) is 0 Å². The molecule has 0 spiro atoms. The van der Waals surface area contributed by atoms with Crippen LogP contribution in [0.25, 0.3) is 0 Å². The number of ether oxygens (including phenoxy) is 1. The quantitative estimate of drug-likeness (QED) is 0.314. The first-order chi connectivity index (χ1) is 17.3. The van der Waals surface area contributed by atoms with E-state index in [4.69, 9.17) is 10.00 Å². The molecule has 4 rings (SSSR count). The molecule has 36 heavy (non-hydrogen) atoms. The second kappa shape index (κ2) is 10.7. The fraction of sp³-hybridized carbons (Fsp3) is 0.154.